The molecular weight excluding hydrogens is 216 g/mol. The van der Waals surface area contributed by atoms with Gasteiger partial charge in [0.25, 0.3) is 0 Å². The monoisotopic (exact) mass is 236 g/mol. The summed E-state index contributed by atoms with van der Waals surface area (Å²) < 4.78 is 0. The van der Waals surface area contributed by atoms with Crippen LogP contribution in [0.5, 0.6) is 0 Å². The number of likely N-dealkylation sites (tertiary alicyclic amines) is 1. The van der Waals surface area contributed by atoms with Crippen LogP contribution in [0.4, 0.5) is 0 Å². The van der Waals surface area contributed by atoms with E-state index in [-0.39, 0.29) is 0 Å². The Hall–Kier alpha value is -1.28. The van der Waals surface area contributed by atoms with Crippen LogP contribution in [-0.4, -0.2) is 42.7 Å². The molecule has 6 heteroatoms. The Morgan fingerprint density at radius 2 is 2.41 bits per heavy atom. The van der Waals surface area contributed by atoms with E-state index in [0.29, 0.717) is 12.6 Å². The molecule has 0 saturated carbocycles. The zero-order valence-corrected chi connectivity index (χ0v) is 10.6. The minimum atomic E-state index is -0.416. The zero-order valence-electron chi connectivity index (χ0n) is 10.6. The van der Waals surface area contributed by atoms with Crippen molar-refractivity contribution in [3.05, 3.63) is 10.4 Å². The number of azide groups is 1. The summed E-state index contributed by atoms with van der Waals surface area (Å²) in [6.07, 6.45) is 1.64. The average molecular weight is 236 g/mol. The van der Waals surface area contributed by atoms with E-state index in [9.17, 15) is 5.26 Å². The van der Waals surface area contributed by atoms with Crippen molar-refractivity contribution in [3.8, 4) is 6.07 Å². The van der Waals surface area contributed by atoms with Gasteiger partial charge in [-0.15, -0.1) is 0 Å². The summed E-state index contributed by atoms with van der Waals surface area (Å²) in [5.74, 6) is 0. The summed E-state index contributed by atoms with van der Waals surface area (Å²) >= 11 is 0. The maximum absolute atomic E-state index is 9.30. The predicted molar refractivity (Wildman–Crippen MR) is 66.3 cm³/mol. The van der Waals surface area contributed by atoms with Crippen LogP contribution >= 0.6 is 0 Å². The Kier molecular flexibility index (Phi) is 5.23. The number of hydrogen-bond donors (Lipinski definition) is 1. The first-order valence-electron chi connectivity index (χ1n) is 6.05. The third kappa shape index (κ3) is 3.90. The SMILES string of the molecule is CC(C)N1CCC(C#N)(NCCCN=[N+]=[N-])C1. The fourth-order valence-corrected chi connectivity index (χ4v) is 2.08. The molecule has 1 saturated heterocycles. The third-order valence-corrected chi connectivity index (χ3v) is 3.20. The van der Waals surface area contributed by atoms with Crippen LogP contribution in [0.3, 0.4) is 0 Å². The lowest BCUT2D eigenvalue weighted by molar-refractivity contribution is 0.257. The van der Waals surface area contributed by atoms with Crippen molar-refractivity contribution in [1.29, 1.82) is 5.26 Å². The van der Waals surface area contributed by atoms with Crippen molar-refractivity contribution in [2.45, 2.75) is 38.3 Å². The Balaban J connectivity index is 2.38. The van der Waals surface area contributed by atoms with E-state index >= 15 is 0 Å². The molecule has 0 aromatic rings. The first-order chi connectivity index (χ1) is 8.13. The molecule has 0 amide bonds. The topological polar surface area (TPSA) is 87.8 Å². The van der Waals surface area contributed by atoms with Crippen molar-refractivity contribution in [2.24, 2.45) is 5.11 Å². The fourth-order valence-electron chi connectivity index (χ4n) is 2.08. The third-order valence-electron chi connectivity index (χ3n) is 3.20. The normalized spacial score (nSPS) is 24.6. The summed E-state index contributed by atoms with van der Waals surface area (Å²) in [7, 11) is 0. The molecule has 1 unspecified atom stereocenters. The molecular formula is C11H20N6. The molecule has 1 N–H and O–H groups in total. The molecule has 0 spiro atoms. The summed E-state index contributed by atoms with van der Waals surface area (Å²) in [6, 6.07) is 2.88. The van der Waals surface area contributed by atoms with Gasteiger partial charge in [0.2, 0.25) is 0 Å². The van der Waals surface area contributed by atoms with Gasteiger partial charge in [0.05, 0.1) is 6.07 Å². The lowest BCUT2D eigenvalue weighted by atomic mass is 10.0. The van der Waals surface area contributed by atoms with Crippen LogP contribution in [0.25, 0.3) is 10.4 Å². The van der Waals surface area contributed by atoms with Gasteiger partial charge in [-0.2, -0.15) is 5.26 Å². The Bertz CT molecular complexity index is 327. The van der Waals surface area contributed by atoms with E-state index in [1.165, 1.54) is 0 Å². The Morgan fingerprint density at radius 3 is 2.94 bits per heavy atom. The minimum absolute atomic E-state index is 0.416. The minimum Gasteiger partial charge on any atom is -0.298 e. The van der Waals surface area contributed by atoms with Crippen molar-refractivity contribution in [3.63, 3.8) is 0 Å². The van der Waals surface area contributed by atoms with Gasteiger partial charge >= 0.3 is 0 Å². The Labute approximate surface area is 102 Å². The number of hydrogen-bond acceptors (Lipinski definition) is 4. The maximum atomic E-state index is 9.30. The van der Waals surface area contributed by atoms with E-state index in [1.54, 1.807) is 0 Å². The Morgan fingerprint density at radius 1 is 1.65 bits per heavy atom. The second-order valence-electron chi connectivity index (χ2n) is 4.74. The van der Waals surface area contributed by atoms with Gasteiger partial charge in [-0.25, -0.2) is 0 Å². The summed E-state index contributed by atoms with van der Waals surface area (Å²) in [5.41, 5.74) is 7.73. The van der Waals surface area contributed by atoms with Gasteiger partial charge in [0.15, 0.2) is 0 Å². The predicted octanol–water partition coefficient (Wildman–Crippen LogP) is 1.65. The highest BCUT2D eigenvalue weighted by molar-refractivity contribution is 5.13. The molecule has 0 aromatic heterocycles. The summed E-state index contributed by atoms with van der Waals surface area (Å²) in [6.45, 7) is 7.25. The van der Waals surface area contributed by atoms with E-state index in [2.05, 4.69) is 40.2 Å². The highest BCUT2D eigenvalue weighted by Gasteiger charge is 2.38. The highest BCUT2D eigenvalue weighted by Crippen LogP contribution is 2.22. The fraction of sp³-hybridized carbons (Fsp3) is 0.909. The van der Waals surface area contributed by atoms with Crippen LogP contribution in [-0.2, 0) is 0 Å². The van der Waals surface area contributed by atoms with Crippen molar-refractivity contribution in [2.75, 3.05) is 26.2 Å². The molecule has 6 nitrogen and oxygen atoms in total. The number of nitriles is 1. The van der Waals surface area contributed by atoms with Crippen molar-refractivity contribution in [1.82, 2.24) is 10.2 Å². The second kappa shape index (κ2) is 6.45. The highest BCUT2D eigenvalue weighted by atomic mass is 15.2. The molecule has 0 bridgehead atoms. The maximum Gasteiger partial charge on any atom is 0.120 e. The van der Waals surface area contributed by atoms with Gasteiger partial charge < -0.3 is 0 Å². The van der Waals surface area contributed by atoms with E-state index < -0.39 is 5.54 Å². The first kappa shape index (κ1) is 13.8. The van der Waals surface area contributed by atoms with Gasteiger partial charge in [-0.05, 0) is 38.8 Å². The standard InChI is InChI=1S/C11H20N6/c1-10(2)17-7-4-11(8-12,9-17)14-5-3-6-15-16-13/h10,14H,3-7,9H2,1-2H3. The van der Waals surface area contributed by atoms with Crippen molar-refractivity contribution < 1.29 is 0 Å². The molecule has 1 fully saturated rings. The lowest BCUT2D eigenvalue weighted by Crippen LogP contribution is -2.47. The van der Waals surface area contributed by atoms with Gasteiger partial charge in [0, 0.05) is 30.6 Å². The van der Waals surface area contributed by atoms with Gasteiger partial charge in [0.1, 0.15) is 5.54 Å². The summed E-state index contributed by atoms with van der Waals surface area (Å²) in [4.78, 5) is 5.01. The largest absolute Gasteiger partial charge is 0.298 e. The average Bonchev–Trinajstić information content (AvgIpc) is 2.74. The molecule has 94 valence electrons. The quantitative estimate of drug-likeness (QED) is 0.329. The van der Waals surface area contributed by atoms with Crippen molar-refractivity contribution >= 4 is 0 Å². The van der Waals surface area contributed by atoms with Crippen LogP contribution < -0.4 is 5.32 Å². The molecule has 1 heterocycles. The number of nitrogens with one attached hydrogen (secondary N) is 1. The molecule has 0 aliphatic carbocycles. The molecule has 1 aliphatic rings. The van der Waals surface area contributed by atoms with Crippen LogP contribution in [0.15, 0.2) is 5.11 Å². The molecule has 1 rings (SSSR count). The number of rotatable bonds is 6. The first-order valence-corrected chi connectivity index (χ1v) is 6.05. The van der Waals surface area contributed by atoms with Crippen LogP contribution in [0.2, 0.25) is 0 Å². The molecule has 17 heavy (non-hydrogen) atoms. The van der Waals surface area contributed by atoms with Gasteiger partial charge in [-0.1, -0.05) is 5.11 Å². The smallest absolute Gasteiger partial charge is 0.120 e. The van der Waals surface area contributed by atoms with E-state index in [1.807, 2.05) is 0 Å². The zero-order chi connectivity index (χ0) is 12.7. The number of nitrogens with zero attached hydrogens (tertiary/aromatic N) is 5. The second-order valence-corrected chi connectivity index (χ2v) is 4.74. The molecule has 1 atom stereocenters. The van der Waals surface area contributed by atoms with Crippen LogP contribution in [0.1, 0.15) is 26.7 Å². The van der Waals surface area contributed by atoms with E-state index in [4.69, 9.17) is 5.53 Å². The molecule has 0 radical (unpaired) electrons. The molecule has 1 aliphatic heterocycles. The van der Waals surface area contributed by atoms with Crippen LogP contribution in [0, 0.1) is 11.3 Å². The molecule has 0 aromatic carbocycles. The van der Waals surface area contributed by atoms with E-state index in [0.717, 1.165) is 32.5 Å². The lowest BCUT2D eigenvalue weighted by Gasteiger charge is -2.25. The summed E-state index contributed by atoms with van der Waals surface area (Å²) in [5, 5.41) is 16.1. The van der Waals surface area contributed by atoms with Gasteiger partial charge in [-0.3, -0.25) is 10.2 Å².